The first-order valence-corrected chi connectivity index (χ1v) is 8.19. The first kappa shape index (κ1) is 17.5. The van der Waals surface area contributed by atoms with Crippen LogP contribution in [0.1, 0.15) is 19.8 Å². The largest absolute Gasteiger partial charge is 0.466 e. The van der Waals surface area contributed by atoms with E-state index < -0.39 is 5.82 Å². The molecule has 0 atom stereocenters. The van der Waals surface area contributed by atoms with Crippen LogP contribution in [0.15, 0.2) is 23.2 Å². The third-order valence-corrected chi connectivity index (χ3v) is 4.09. The summed E-state index contributed by atoms with van der Waals surface area (Å²) >= 11 is 5.63. The maximum atomic E-state index is 14.1. The molecule has 0 saturated carbocycles. The Morgan fingerprint density at radius 3 is 2.78 bits per heavy atom. The average molecular weight is 342 g/mol. The molecular formula is C16H21ClFN3O2. The zero-order chi connectivity index (χ0) is 16.8. The first-order chi connectivity index (χ1) is 11.1. The normalized spacial score (nSPS) is 16.5. The molecule has 23 heavy (non-hydrogen) atoms. The highest BCUT2D eigenvalue weighted by Crippen LogP contribution is 2.34. The lowest BCUT2D eigenvalue weighted by Gasteiger charge is -2.33. The Balaban J connectivity index is 2.15. The van der Waals surface area contributed by atoms with Crippen LogP contribution >= 0.6 is 11.6 Å². The van der Waals surface area contributed by atoms with Crippen molar-refractivity contribution >= 4 is 34.8 Å². The number of esters is 1. The number of nitrogens with two attached hydrogens (primary N) is 1. The van der Waals surface area contributed by atoms with Gasteiger partial charge in [0.1, 0.15) is 11.5 Å². The topological polar surface area (TPSA) is 67.9 Å². The molecule has 0 amide bonds. The third-order valence-electron chi connectivity index (χ3n) is 3.81. The number of carbonyl (C=O) groups excluding carboxylic acids is 1. The van der Waals surface area contributed by atoms with E-state index in [1.54, 1.807) is 19.1 Å². The quantitative estimate of drug-likeness (QED) is 0.387. The van der Waals surface area contributed by atoms with Crippen molar-refractivity contribution in [3.8, 4) is 0 Å². The number of ether oxygens (including phenoxy) is 1. The van der Waals surface area contributed by atoms with Crippen molar-refractivity contribution in [1.82, 2.24) is 0 Å². The number of nitrogens with zero attached hydrogens (tertiary/aromatic N) is 2. The van der Waals surface area contributed by atoms with Crippen LogP contribution in [0.5, 0.6) is 0 Å². The number of hydrogen-bond acceptors (Lipinski definition) is 4. The maximum absolute atomic E-state index is 14.1. The smallest absolute Gasteiger partial charge is 0.309 e. The number of hydrogen-bond donors (Lipinski definition) is 1. The monoisotopic (exact) mass is 341 g/mol. The molecule has 0 bridgehead atoms. The van der Waals surface area contributed by atoms with Crippen LogP contribution in [0.4, 0.5) is 15.8 Å². The lowest BCUT2D eigenvalue weighted by Crippen LogP contribution is -2.37. The molecule has 2 N–H and O–H groups in total. The summed E-state index contributed by atoms with van der Waals surface area (Å²) in [7, 11) is 0. The van der Waals surface area contributed by atoms with E-state index in [0.29, 0.717) is 38.2 Å². The van der Waals surface area contributed by atoms with E-state index >= 15 is 0 Å². The number of rotatable bonds is 5. The molecule has 1 aliphatic rings. The van der Waals surface area contributed by atoms with Gasteiger partial charge in [0.15, 0.2) is 5.82 Å². The minimum atomic E-state index is -0.442. The average Bonchev–Trinajstić information content (AvgIpc) is 2.57. The Labute approximate surface area is 140 Å². The van der Waals surface area contributed by atoms with Crippen LogP contribution in [0.2, 0.25) is 0 Å². The number of piperidine rings is 1. The van der Waals surface area contributed by atoms with Crippen molar-refractivity contribution in [3.05, 3.63) is 24.0 Å². The molecular weight excluding hydrogens is 321 g/mol. The van der Waals surface area contributed by atoms with Crippen LogP contribution in [0.25, 0.3) is 0 Å². The van der Waals surface area contributed by atoms with Crippen LogP contribution in [0.3, 0.4) is 0 Å². The molecule has 1 saturated heterocycles. The Morgan fingerprint density at radius 2 is 2.17 bits per heavy atom. The number of para-hydroxylation sites is 1. The van der Waals surface area contributed by atoms with Gasteiger partial charge in [-0.15, -0.1) is 11.6 Å². The second-order valence-corrected chi connectivity index (χ2v) is 5.62. The summed E-state index contributed by atoms with van der Waals surface area (Å²) in [5.74, 6) is -0.489. The highest BCUT2D eigenvalue weighted by Gasteiger charge is 2.27. The van der Waals surface area contributed by atoms with Gasteiger partial charge in [0.05, 0.1) is 24.1 Å². The Hall–Kier alpha value is -1.82. The van der Waals surface area contributed by atoms with Crippen LogP contribution in [-0.2, 0) is 9.53 Å². The Kier molecular flexibility index (Phi) is 6.21. The van der Waals surface area contributed by atoms with E-state index in [9.17, 15) is 9.18 Å². The first-order valence-electron chi connectivity index (χ1n) is 7.65. The summed E-state index contributed by atoms with van der Waals surface area (Å²) in [4.78, 5) is 17.9. The second-order valence-electron chi connectivity index (χ2n) is 5.36. The Morgan fingerprint density at radius 1 is 1.48 bits per heavy atom. The molecule has 1 aromatic carbocycles. The van der Waals surface area contributed by atoms with Gasteiger partial charge in [-0.1, -0.05) is 6.07 Å². The van der Waals surface area contributed by atoms with Crippen LogP contribution in [-0.4, -0.2) is 37.4 Å². The van der Waals surface area contributed by atoms with E-state index in [2.05, 4.69) is 4.99 Å². The number of amidine groups is 1. The summed E-state index contributed by atoms with van der Waals surface area (Å²) < 4.78 is 19.2. The van der Waals surface area contributed by atoms with Gasteiger partial charge in [-0.25, -0.2) is 9.38 Å². The van der Waals surface area contributed by atoms with E-state index in [1.807, 2.05) is 4.90 Å². The van der Waals surface area contributed by atoms with Gasteiger partial charge < -0.3 is 15.4 Å². The predicted octanol–water partition coefficient (Wildman–Crippen LogP) is 2.83. The van der Waals surface area contributed by atoms with E-state index in [0.717, 1.165) is 0 Å². The number of alkyl halides is 1. The maximum Gasteiger partial charge on any atom is 0.309 e. The van der Waals surface area contributed by atoms with Crippen molar-refractivity contribution in [2.24, 2.45) is 16.6 Å². The van der Waals surface area contributed by atoms with Crippen LogP contribution < -0.4 is 10.6 Å². The number of carbonyl (C=O) groups is 1. The fourth-order valence-corrected chi connectivity index (χ4v) is 2.72. The van der Waals surface area contributed by atoms with Gasteiger partial charge in [-0.05, 0) is 31.9 Å². The van der Waals surface area contributed by atoms with Gasteiger partial charge in [-0.3, -0.25) is 4.79 Å². The number of benzene rings is 1. The summed E-state index contributed by atoms with van der Waals surface area (Å²) in [6, 6.07) is 4.78. The Bertz CT molecular complexity index is 587. The molecule has 0 aliphatic carbocycles. The summed E-state index contributed by atoms with van der Waals surface area (Å²) in [5, 5.41) is 0. The third kappa shape index (κ3) is 4.34. The van der Waals surface area contributed by atoms with E-state index in [-0.39, 0.29) is 29.3 Å². The molecule has 126 valence electrons. The predicted molar refractivity (Wildman–Crippen MR) is 90.0 cm³/mol. The number of anilines is 1. The van der Waals surface area contributed by atoms with Crippen molar-refractivity contribution in [3.63, 3.8) is 0 Å². The van der Waals surface area contributed by atoms with Crippen molar-refractivity contribution in [2.45, 2.75) is 19.8 Å². The van der Waals surface area contributed by atoms with Crippen molar-refractivity contribution in [1.29, 1.82) is 0 Å². The van der Waals surface area contributed by atoms with Gasteiger partial charge in [0.2, 0.25) is 0 Å². The molecule has 0 aromatic heterocycles. The molecule has 2 rings (SSSR count). The SMILES string of the molecule is CCOC(=O)C1CCN(c2cccc(F)c2N=C(N)CCl)CC1. The molecule has 0 spiro atoms. The van der Waals surface area contributed by atoms with Gasteiger partial charge in [0, 0.05) is 13.1 Å². The number of aliphatic imine (C=N–C) groups is 1. The second kappa shape index (κ2) is 8.15. The zero-order valence-corrected chi connectivity index (χ0v) is 13.9. The van der Waals surface area contributed by atoms with Crippen molar-refractivity contribution < 1.29 is 13.9 Å². The fourth-order valence-electron chi connectivity index (χ4n) is 2.66. The van der Waals surface area contributed by atoms with Gasteiger partial charge >= 0.3 is 5.97 Å². The van der Waals surface area contributed by atoms with E-state index in [1.165, 1.54) is 6.07 Å². The minimum absolute atomic E-state index is 0.0404. The van der Waals surface area contributed by atoms with E-state index in [4.69, 9.17) is 22.1 Å². The minimum Gasteiger partial charge on any atom is -0.466 e. The molecule has 7 heteroatoms. The molecule has 0 radical (unpaired) electrons. The summed E-state index contributed by atoms with van der Waals surface area (Å²) in [6.07, 6.45) is 1.34. The molecule has 1 aromatic rings. The molecule has 0 unspecified atom stereocenters. The lowest BCUT2D eigenvalue weighted by atomic mass is 9.96. The standard InChI is InChI=1S/C16H21ClFN3O2/c1-2-23-16(22)11-6-8-21(9-7-11)13-5-3-4-12(18)15(13)20-14(19)10-17/h3-5,11H,2,6-10H2,1H3,(H2,19,20). The zero-order valence-electron chi connectivity index (χ0n) is 13.1. The lowest BCUT2D eigenvalue weighted by molar-refractivity contribution is -0.148. The van der Waals surface area contributed by atoms with Gasteiger partial charge in [-0.2, -0.15) is 0 Å². The summed E-state index contributed by atoms with van der Waals surface area (Å²) in [5.41, 5.74) is 6.50. The molecule has 1 heterocycles. The van der Waals surface area contributed by atoms with Crippen molar-refractivity contribution in [2.75, 3.05) is 30.5 Å². The molecule has 5 nitrogen and oxygen atoms in total. The highest BCUT2D eigenvalue weighted by atomic mass is 35.5. The van der Waals surface area contributed by atoms with Gasteiger partial charge in [0.25, 0.3) is 0 Å². The van der Waals surface area contributed by atoms with Crippen LogP contribution in [0, 0.1) is 11.7 Å². The molecule has 1 aliphatic heterocycles. The fraction of sp³-hybridized carbons (Fsp3) is 0.500. The molecule has 1 fully saturated rings. The number of halogens is 2. The highest BCUT2D eigenvalue weighted by molar-refractivity contribution is 6.28. The summed E-state index contributed by atoms with van der Waals surface area (Å²) in [6.45, 7) is 3.46.